The summed E-state index contributed by atoms with van der Waals surface area (Å²) in [6, 6.07) is 6.36. The molecule has 1 unspecified atom stereocenters. The predicted octanol–water partition coefficient (Wildman–Crippen LogP) is 2.83. The maximum absolute atomic E-state index is 9.41. The lowest BCUT2D eigenvalue weighted by atomic mass is 9.94. The highest BCUT2D eigenvalue weighted by Gasteiger charge is 2.24. The van der Waals surface area contributed by atoms with Crippen LogP contribution in [0.25, 0.3) is 10.6 Å². The number of rotatable bonds is 4. The third-order valence-corrected chi connectivity index (χ3v) is 4.97. The quantitative estimate of drug-likeness (QED) is 0.934. The first-order chi connectivity index (χ1) is 11.1. The van der Waals surface area contributed by atoms with Crippen LogP contribution >= 0.6 is 11.3 Å². The van der Waals surface area contributed by atoms with E-state index in [0.29, 0.717) is 18.0 Å². The summed E-state index contributed by atoms with van der Waals surface area (Å²) < 4.78 is 5.47. The number of aromatic nitrogens is 1. The van der Waals surface area contributed by atoms with Gasteiger partial charge in [-0.2, -0.15) is 5.26 Å². The zero-order chi connectivity index (χ0) is 16.4. The first kappa shape index (κ1) is 15.9. The number of thiophene rings is 1. The molecule has 5 nitrogen and oxygen atoms in total. The molecule has 2 aromatic heterocycles. The highest BCUT2D eigenvalue weighted by Crippen LogP contribution is 2.34. The van der Waals surface area contributed by atoms with Crippen LogP contribution in [-0.4, -0.2) is 37.2 Å². The molecule has 1 saturated heterocycles. The summed E-state index contributed by atoms with van der Waals surface area (Å²) in [6.07, 6.45) is 0.924. The first-order valence-corrected chi connectivity index (χ1v) is 8.47. The van der Waals surface area contributed by atoms with Gasteiger partial charge in [0.2, 0.25) is 0 Å². The third kappa shape index (κ3) is 3.37. The second-order valence-corrected chi connectivity index (χ2v) is 7.00. The van der Waals surface area contributed by atoms with Crippen molar-refractivity contribution in [3.63, 3.8) is 0 Å². The van der Waals surface area contributed by atoms with E-state index in [1.807, 2.05) is 20.2 Å². The molecule has 0 saturated carbocycles. The van der Waals surface area contributed by atoms with E-state index < -0.39 is 0 Å². The maximum atomic E-state index is 9.41. The molecule has 23 heavy (non-hydrogen) atoms. The number of nitrogens with two attached hydrogens (primary N) is 1. The van der Waals surface area contributed by atoms with Crippen molar-refractivity contribution in [2.45, 2.75) is 18.9 Å². The van der Waals surface area contributed by atoms with Gasteiger partial charge in [0, 0.05) is 19.1 Å². The Hall–Kier alpha value is -1.94. The van der Waals surface area contributed by atoms with Crippen molar-refractivity contribution in [2.75, 3.05) is 33.0 Å². The molecule has 1 fully saturated rings. The molecule has 2 aromatic rings. The predicted molar refractivity (Wildman–Crippen MR) is 92.2 cm³/mol. The summed E-state index contributed by atoms with van der Waals surface area (Å²) in [4.78, 5) is 7.66. The van der Waals surface area contributed by atoms with E-state index in [4.69, 9.17) is 10.5 Å². The number of nitriles is 1. The molecule has 120 valence electrons. The molecule has 3 rings (SSSR count). The van der Waals surface area contributed by atoms with E-state index >= 15 is 0 Å². The van der Waals surface area contributed by atoms with Crippen LogP contribution in [0.1, 0.15) is 29.0 Å². The van der Waals surface area contributed by atoms with Crippen molar-refractivity contribution in [2.24, 2.45) is 0 Å². The van der Waals surface area contributed by atoms with Crippen LogP contribution in [0.15, 0.2) is 17.5 Å². The highest BCUT2D eigenvalue weighted by atomic mass is 32.1. The van der Waals surface area contributed by atoms with E-state index in [-0.39, 0.29) is 5.92 Å². The largest absolute Gasteiger partial charge is 0.383 e. The monoisotopic (exact) mass is 328 g/mol. The van der Waals surface area contributed by atoms with Crippen LogP contribution in [0.5, 0.6) is 0 Å². The molecular formula is C17H20N4OS. The van der Waals surface area contributed by atoms with Gasteiger partial charge in [0.25, 0.3) is 0 Å². The number of hydrogen-bond donors (Lipinski definition) is 1. The van der Waals surface area contributed by atoms with Crippen molar-refractivity contribution >= 4 is 17.2 Å². The number of ether oxygens (including phenoxy) is 1. The van der Waals surface area contributed by atoms with Crippen molar-refractivity contribution in [1.82, 2.24) is 9.88 Å². The van der Waals surface area contributed by atoms with Gasteiger partial charge in [-0.3, -0.25) is 0 Å². The molecular weight excluding hydrogens is 308 g/mol. The number of nitrogen functional groups attached to an aromatic ring is 1. The number of pyridine rings is 1. The van der Waals surface area contributed by atoms with Crippen LogP contribution in [0.2, 0.25) is 0 Å². The summed E-state index contributed by atoms with van der Waals surface area (Å²) in [7, 11) is 4.10. The number of hydrogen-bond acceptors (Lipinski definition) is 6. The zero-order valence-electron chi connectivity index (χ0n) is 13.4. The Bertz CT molecular complexity index is 742. The van der Waals surface area contributed by atoms with Crippen molar-refractivity contribution in [3.8, 4) is 16.6 Å². The summed E-state index contributed by atoms with van der Waals surface area (Å²) >= 11 is 1.66. The van der Waals surface area contributed by atoms with Crippen LogP contribution in [0.3, 0.4) is 0 Å². The molecule has 3 heterocycles. The molecule has 1 aliphatic heterocycles. The normalized spacial score (nSPS) is 17.6. The molecule has 0 amide bonds. The molecule has 0 bridgehead atoms. The summed E-state index contributed by atoms with van der Waals surface area (Å²) in [5.41, 5.74) is 9.61. The van der Waals surface area contributed by atoms with E-state index in [0.717, 1.165) is 35.7 Å². The molecule has 1 atom stereocenters. The lowest BCUT2D eigenvalue weighted by Gasteiger charge is -2.13. The lowest BCUT2D eigenvalue weighted by Crippen LogP contribution is -2.09. The Balaban J connectivity index is 1.99. The lowest BCUT2D eigenvalue weighted by molar-refractivity contribution is 0.194. The molecule has 0 radical (unpaired) electrons. The first-order valence-electron chi connectivity index (χ1n) is 7.59. The number of anilines is 1. The SMILES string of the molecule is CN(C)Cc1csc(-c2cc(C3CCOC3)c(C#N)c(N)n2)c1. The average Bonchev–Trinajstić information content (AvgIpc) is 3.17. The van der Waals surface area contributed by atoms with Gasteiger partial charge in [-0.05, 0) is 49.2 Å². The second-order valence-electron chi connectivity index (χ2n) is 6.09. The Morgan fingerprint density at radius 1 is 1.48 bits per heavy atom. The molecule has 2 N–H and O–H groups in total. The Morgan fingerprint density at radius 3 is 2.96 bits per heavy atom. The van der Waals surface area contributed by atoms with Gasteiger partial charge in [0.05, 0.1) is 22.7 Å². The minimum atomic E-state index is 0.231. The molecule has 0 spiro atoms. The molecule has 0 aliphatic carbocycles. The van der Waals surface area contributed by atoms with Crippen LogP contribution < -0.4 is 5.73 Å². The van der Waals surface area contributed by atoms with Gasteiger partial charge in [-0.15, -0.1) is 11.3 Å². The minimum absolute atomic E-state index is 0.231. The second kappa shape index (κ2) is 6.67. The van der Waals surface area contributed by atoms with E-state index in [1.54, 1.807) is 11.3 Å². The highest BCUT2D eigenvalue weighted by molar-refractivity contribution is 7.13. The summed E-state index contributed by atoms with van der Waals surface area (Å²) in [5.74, 6) is 0.546. The topological polar surface area (TPSA) is 75.2 Å². The van der Waals surface area contributed by atoms with Crippen molar-refractivity contribution in [1.29, 1.82) is 5.26 Å². The Morgan fingerprint density at radius 2 is 2.30 bits per heavy atom. The van der Waals surface area contributed by atoms with Crippen LogP contribution in [0.4, 0.5) is 5.82 Å². The molecule has 6 heteroatoms. The van der Waals surface area contributed by atoms with Crippen molar-refractivity contribution < 1.29 is 4.74 Å². The fourth-order valence-corrected chi connectivity index (χ4v) is 3.76. The summed E-state index contributed by atoms with van der Waals surface area (Å²) in [6.45, 7) is 2.28. The van der Waals surface area contributed by atoms with Gasteiger partial charge in [-0.1, -0.05) is 0 Å². The van der Waals surface area contributed by atoms with Crippen molar-refractivity contribution in [3.05, 3.63) is 34.2 Å². The molecule has 0 aromatic carbocycles. The van der Waals surface area contributed by atoms with Gasteiger partial charge in [-0.25, -0.2) is 4.98 Å². The Kier molecular flexibility index (Phi) is 4.62. The van der Waals surface area contributed by atoms with E-state index in [1.165, 1.54) is 5.56 Å². The number of nitrogens with zero attached hydrogens (tertiary/aromatic N) is 3. The Labute approximate surface area is 140 Å². The van der Waals surface area contributed by atoms with Crippen LogP contribution in [0, 0.1) is 11.3 Å². The van der Waals surface area contributed by atoms with Gasteiger partial charge >= 0.3 is 0 Å². The standard InChI is InChI=1S/C17H20N4OS/c1-21(2)8-11-5-16(23-10-11)15-6-13(12-3-4-22-9-12)14(7-18)17(19)20-15/h5-6,10,12H,3-4,8-9H2,1-2H3,(H2,19,20). The van der Waals surface area contributed by atoms with Gasteiger partial charge in [0.15, 0.2) is 0 Å². The molecule has 1 aliphatic rings. The van der Waals surface area contributed by atoms with Gasteiger partial charge < -0.3 is 15.4 Å². The average molecular weight is 328 g/mol. The van der Waals surface area contributed by atoms with Gasteiger partial charge in [0.1, 0.15) is 11.9 Å². The van der Waals surface area contributed by atoms with E-state index in [9.17, 15) is 5.26 Å². The summed E-state index contributed by atoms with van der Waals surface area (Å²) in [5, 5.41) is 11.6. The third-order valence-electron chi connectivity index (χ3n) is 3.96. The zero-order valence-corrected chi connectivity index (χ0v) is 14.2. The smallest absolute Gasteiger partial charge is 0.142 e. The fourth-order valence-electron chi connectivity index (χ4n) is 2.89. The van der Waals surface area contributed by atoms with Crippen LogP contribution in [-0.2, 0) is 11.3 Å². The maximum Gasteiger partial charge on any atom is 0.142 e. The minimum Gasteiger partial charge on any atom is -0.383 e. The fraction of sp³-hybridized carbons (Fsp3) is 0.412. The van der Waals surface area contributed by atoms with E-state index in [2.05, 4.69) is 27.4 Å².